The number of aromatic nitrogens is 2. The van der Waals surface area contributed by atoms with Crippen LogP contribution in [0.15, 0.2) is 48.5 Å². The van der Waals surface area contributed by atoms with E-state index in [-0.39, 0.29) is 12.2 Å². The molecule has 4 N–H and O–H groups in total. The van der Waals surface area contributed by atoms with Crippen LogP contribution in [0.1, 0.15) is 16.1 Å². The minimum absolute atomic E-state index is 0.0131. The second-order valence-electron chi connectivity index (χ2n) is 6.91. The van der Waals surface area contributed by atoms with Crippen molar-refractivity contribution in [3.05, 3.63) is 59.8 Å². The summed E-state index contributed by atoms with van der Waals surface area (Å²) in [7, 11) is 1.49. The zero-order chi connectivity index (χ0) is 20.8. The van der Waals surface area contributed by atoms with Gasteiger partial charge in [0.1, 0.15) is 6.10 Å². The Labute approximate surface area is 166 Å². The monoisotopic (exact) mass is 390 g/mol. The van der Waals surface area contributed by atoms with E-state index in [9.17, 15) is 19.8 Å². The fourth-order valence-electron chi connectivity index (χ4n) is 3.37. The molecule has 1 aliphatic heterocycles. The van der Waals surface area contributed by atoms with Gasteiger partial charge in [-0.05, 0) is 30.2 Å². The summed E-state index contributed by atoms with van der Waals surface area (Å²) in [6, 6.07) is 14.1. The molecule has 1 saturated heterocycles. The summed E-state index contributed by atoms with van der Waals surface area (Å²) in [5.74, 6) is 3.99. The molecule has 29 heavy (non-hydrogen) atoms. The van der Waals surface area contributed by atoms with Crippen LogP contribution in [0.25, 0.3) is 16.6 Å². The number of fused-ring (bicyclic) bond motifs is 1. The Bertz CT molecular complexity index is 1210. The smallest absolute Gasteiger partial charge is 0.269 e. The van der Waals surface area contributed by atoms with Crippen molar-refractivity contribution in [1.82, 2.24) is 14.7 Å². The summed E-state index contributed by atoms with van der Waals surface area (Å²) in [4.78, 5) is 25.1. The quantitative estimate of drug-likeness (QED) is 0.534. The van der Waals surface area contributed by atoms with E-state index < -0.39 is 23.5 Å². The zero-order valence-corrected chi connectivity index (χ0v) is 15.5. The molecule has 8 nitrogen and oxygen atoms in total. The van der Waals surface area contributed by atoms with Gasteiger partial charge < -0.3 is 20.8 Å². The maximum absolute atomic E-state index is 12.1. The minimum atomic E-state index is -2.14. The van der Waals surface area contributed by atoms with Crippen LogP contribution in [0.2, 0.25) is 0 Å². The number of likely N-dealkylation sites (N-methyl/N-ethyl adjacent to an activating group) is 1. The number of aliphatic hydroxyl groups excluding tert-OH is 1. The molecule has 4 rings (SSSR count). The van der Waals surface area contributed by atoms with E-state index in [1.165, 1.54) is 11.9 Å². The first-order valence-corrected chi connectivity index (χ1v) is 8.88. The highest BCUT2D eigenvalue weighted by atomic mass is 16.4. The maximum atomic E-state index is 12.1. The molecule has 146 valence electrons. The van der Waals surface area contributed by atoms with E-state index >= 15 is 0 Å². The molecule has 0 saturated carbocycles. The van der Waals surface area contributed by atoms with Crippen LogP contribution in [0, 0.1) is 11.8 Å². The van der Waals surface area contributed by atoms with Gasteiger partial charge in [0.15, 0.2) is 5.69 Å². The Kier molecular flexibility index (Phi) is 4.34. The standard InChI is InChI=1S/C21H18N4O4/c1-24-12-17(26)21(29,20(24)28)10-9-13-5-4-6-14(11-13)25-16-8-3-2-7-15(16)18(23-25)19(22)27/h2-8,11,17,26,29H,12H2,1H3,(H2,22,27)/t17-,21-/m0/s1. The summed E-state index contributed by atoms with van der Waals surface area (Å²) in [5.41, 5.74) is 5.31. The SMILES string of the molecule is CN1C[C@H](O)[C@@](O)(C#Cc2cccc(-n3nc(C(N)=O)c4ccccc43)c2)C1=O. The number of para-hydroxylation sites is 1. The Morgan fingerprint density at radius 3 is 2.72 bits per heavy atom. The van der Waals surface area contributed by atoms with Crippen LogP contribution in [0.5, 0.6) is 0 Å². The van der Waals surface area contributed by atoms with Crippen LogP contribution >= 0.6 is 0 Å². The van der Waals surface area contributed by atoms with Gasteiger partial charge in [-0.2, -0.15) is 5.10 Å². The number of nitrogens with zero attached hydrogens (tertiary/aromatic N) is 3. The Balaban J connectivity index is 1.76. The molecular formula is C21H18N4O4. The van der Waals surface area contributed by atoms with Crippen molar-refractivity contribution in [3.8, 4) is 17.5 Å². The third-order valence-electron chi connectivity index (χ3n) is 4.91. The molecule has 2 aromatic carbocycles. The second-order valence-corrected chi connectivity index (χ2v) is 6.91. The lowest BCUT2D eigenvalue weighted by molar-refractivity contribution is -0.140. The van der Waals surface area contributed by atoms with Gasteiger partial charge in [0.05, 0.1) is 17.7 Å². The average Bonchev–Trinajstić information content (AvgIpc) is 3.19. The lowest BCUT2D eigenvalue weighted by Gasteiger charge is -2.16. The Hall–Kier alpha value is -3.67. The first-order valence-electron chi connectivity index (χ1n) is 8.88. The number of hydrogen-bond donors (Lipinski definition) is 3. The van der Waals surface area contributed by atoms with E-state index in [2.05, 4.69) is 16.9 Å². The van der Waals surface area contributed by atoms with E-state index in [4.69, 9.17) is 5.73 Å². The molecule has 8 heteroatoms. The number of β-amino-alcohol motifs (C(OH)–C–C–N with tert-alkyl or cyclic N) is 1. The van der Waals surface area contributed by atoms with Gasteiger partial charge in [0.25, 0.3) is 11.8 Å². The number of amides is 2. The number of benzene rings is 2. The molecule has 0 bridgehead atoms. The van der Waals surface area contributed by atoms with Gasteiger partial charge in [-0.3, -0.25) is 9.59 Å². The lowest BCUT2D eigenvalue weighted by Crippen LogP contribution is -2.44. The second kappa shape index (κ2) is 6.74. The molecule has 2 amide bonds. The van der Waals surface area contributed by atoms with Crippen molar-refractivity contribution in [3.63, 3.8) is 0 Å². The highest BCUT2D eigenvalue weighted by Gasteiger charge is 2.50. The fraction of sp³-hybridized carbons (Fsp3) is 0.190. The Morgan fingerprint density at radius 1 is 1.28 bits per heavy atom. The van der Waals surface area contributed by atoms with Gasteiger partial charge in [-0.25, -0.2) is 4.68 Å². The highest BCUT2D eigenvalue weighted by Crippen LogP contribution is 2.24. The number of rotatable bonds is 2. The number of hydrogen-bond acceptors (Lipinski definition) is 5. The van der Waals surface area contributed by atoms with Crippen molar-refractivity contribution >= 4 is 22.7 Å². The van der Waals surface area contributed by atoms with Gasteiger partial charge in [0.2, 0.25) is 5.60 Å². The molecule has 2 heterocycles. The molecule has 0 unspecified atom stereocenters. The number of aliphatic hydroxyl groups is 2. The maximum Gasteiger partial charge on any atom is 0.269 e. The average molecular weight is 390 g/mol. The van der Waals surface area contributed by atoms with E-state index in [1.54, 1.807) is 41.1 Å². The Morgan fingerprint density at radius 2 is 2.03 bits per heavy atom. The van der Waals surface area contributed by atoms with E-state index in [0.29, 0.717) is 22.2 Å². The van der Waals surface area contributed by atoms with Gasteiger partial charge >= 0.3 is 0 Å². The summed E-state index contributed by atoms with van der Waals surface area (Å²) >= 11 is 0. The van der Waals surface area contributed by atoms with Crippen LogP contribution < -0.4 is 5.73 Å². The van der Waals surface area contributed by atoms with Crippen LogP contribution in [0.3, 0.4) is 0 Å². The van der Waals surface area contributed by atoms with Crippen molar-refractivity contribution in [2.24, 2.45) is 5.73 Å². The molecule has 0 aliphatic carbocycles. The third kappa shape index (κ3) is 3.02. The molecule has 1 fully saturated rings. The normalized spacial score (nSPS) is 21.3. The largest absolute Gasteiger partial charge is 0.387 e. The van der Waals surface area contributed by atoms with Gasteiger partial charge in [-0.1, -0.05) is 30.2 Å². The van der Waals surface area contributed by atoms with E-state index in [0.717, 1.165) is 0 Å². The van der Waals surface area contributed by atoms with E-state index in [1.807, 2.05) is 12.1 Å². The summed E-state index contributed by atoms with van der Waals surface area (Å²) < 4.78 is 1.58. The topological polar surface area (TPSA) is 122 Å². The van der Waals surface area contributed by atoms with Crippen molar-refractivity contribution in [2.75, 3.05) is 13.6 Å². The molecular weight excluding hydrogens is 372 g/mol. The molecule has 2 atom stereocenters. The summed E-state index contributed by atoms with van der Waals surface area (Å²) in [6.07, 6.45) is -1.29. The van der Waals surface area contributed by atoms with Crippen molar-refractivity contribution < 1.29 is 19.8 Å². The predicted molar refractivity (Wildman–Crippen MR) is 105 cm³/mol. The van der Waals surface area contributed by atoms with Crippen molar-refractivity contribution in [2.45, 2.75) is 11.7 Å². The summed E-state index contributed by atoms with van der Waals surface area (Å²) in [5, 5.41) is 25.4. The number of nitrogens with two attached hydrogens (primary N) is 1. The van der Waals surface area contributed by atoms with Crippen molar-refractivity contribution in [1.29, 1.82) is 0 Å². The first-order chi connectivity index (χ1) is 13.8. The molecule has 1 aromatic heterocycles. The van der Waals surface area contributed by atoms with Gasteiger partial charge in [-0.15, -0.1) is 0 Å². The third-order valence-corrected chi connectivity index (χ3v) is 4.91. The van der Waals surface area contributed by atoms with Crippen LogP contribution in [0.4, 0.5) is 0 Å². The lowest BCUT2D eigenvalue weighted by atomic mass is 10.00. The summed E-state index contributed by atoms with van der Waals surface area (Å²) in [6.45, 7) is 0.0131. The number of primary amides is 1. The minimum Gasteiger partial charge on any atom is -0.387 e. The van der Waals surface area contributed by atoms with Crippen LogP contribution in [-0.2, 0) is 4.79 Å². The predicted octanol–water partition coefficient (Wildman–Crippen LogP) is 0.0399. The molecule has 0 radical (unpaired) electrons. The number of carbonyl (C=O) groups excluding carboxylic acids is 2. The number of likely N-dealkylation sites (tertiary alicyclic amines) is 1. The zero-order valence-electron chi connectivity index (χ0n) is 15.5. The molecule has 3 aromatic rings. The molecule has 0 spiro atoms. The number of carbonyl (C=O) groups is 2. The first kappa shape index (κ1) is 18.7. The van der Waals surface area contributed by atoms with Crippen LogP contribution in [-0.4, -0.2) is 62.0 Å². The molecule has 1 aliphatic rings. The fourth-order valence-corrected chi connectivity index (χ4v) is 3.37. The highest BCUT2D eigenvalue weighted by molar-refractivity contribution is 6.04. The van der Waals surface area contributed by atoms with Gasteiger partial charge in [0, 0.05) is 18.0 Å².